The molecular weight excluding hydrogens is 432 g/mol. The van der Waals surface area contributed by atoms with E-state index in [1.165, 1.54) is 11.1 Å². The summed E-state index contributed by atoms with van der Waals surface area (Å²) in [4.78, 5) is 39.1. The molecule has 178 valence electrons. The number of aliphatic carboxylic acids is 1. The minimum atomic E-state index is -0.827. The lowest BCUT2D eigenvalue weighted by Gasteiger charge is -2.37. The highest BCUT2D eigenvalue weighted by Crippen LogP contribution is 2.48. The topological polar surface area (TPSA) is 95.9 Å². The number of nitrogens with one attached hydrogen (secondary N) is 1. The molecule has 2 aromatic carbocycles. The van der Waals surface area contributed by atoms with Crippen LogP contribution in [0.5, 0.6) is 0 Å². The van der Waals surface area contributed by atoms with Crippen LogP contribution in [0.15, 0.2) is 48.5 Å². The summed E-state index contributed by atoms with van der Waals surface area (Å²) in [5.74, 6) is -1.36. The van der Waals surface area contributed by atoms with Gasteiger partial charge in [-0.15, -0.1) is 0 Å². The molecule has 2 saturated heterocycles. The second-order valence-electron chi connectivity index (χ2n) is 9.98. The molecule has 2 heterocycles. The van der Waals surface area contributed by atoms with Crippen molar-refractivity contribution < 1.29 is 24.2 Å². The number of ether oxygens (including phenoxy) is 1. The second-order valence-corrected chi connectivity index (χ2v) is 9.98. The SMILES string of the molecule is CCC(C)(CNC(=O)OCC1c2ccccc2-c2ccccc21)C(=O)N1CC2CC1C2C(=O)O. The first kappa shape index (κ1) is 22.4. The Kier molecular flexibility index (Phi) is 5.58. The van der Waals surface area contributed by atoms with Crippen molar-refractivity contribution >= 4 is 18.0 Å². The Morgan fingerprint density at radius 1 is 1.09 bits per heavy atom. The van der Waals surface area contributed by atoms with Crippen molar-refractivity contribution in [3.05, 3.63) is 59.7 Å². The average Bonchev–Trinajstić information content (AvgIpc) is 3.51. The molecule has 6 rings (SSSR count). The first-order valence-electron chi connectivity index (χ1n) is 12.0. The molecule has 1 saturated carbocycles. The Balaban J connectivity index is 1.20. The van der Waals surface area contributed by atoms with E-state index < -0.39 is 23.4 Å². The van der Waals surface area contributed by atoms with E-state index >= 15 is 0 Å². The third-order valence-corrected chi connectivity index (χ3v) is 8.11. The number of rotatable bonds is 7. The first-order valence-corrected chi connectivity index (χ1v) is 12.0. The number of benzene rings is 2. The summed E-state index contributed by atoms with van der Waals surface area (Å²) in [5, 5.41) is 12.2. The molecule has 7 heteroatoms. The molecule has 3 fully saturated rings. The van der Waals surface area contributed by atoms with Gasteiger partial charge in [0.1, 0.15) is 6.61 Å². The van der Waals surface area contributed by atoms with E-state index in [2.05, 4.69) is 29.6 Å². The maximum atomic E-state index is 13.3. The van der Waals surface area contributed by atoms with Gasteiger partial charge in [-0.05, 0) is 47.9 Å². The van der Waals surface area contributed by atoms with Crippen molar-refractivity contribution in [1.82, 2.24) is 10.2 Å². The van der Waals surface area contributed by atoms with Crippen LogP contribution in [-0.4, -0.2) is 53.7 Å². The van der Waals surface area contributed by atoms with E-state index in [0.29, 0.717) is 13.0 Å². The van der Waals surface area contributed by atoms with Crippen molar-refractivity contribution in [1.29, 1.82) is 0 Å². The minimum Gasteiger partial charge on any atom is -0.481 e. The van der Waals surface area contributed by atoms with Crippen molar-refractivity contribution in [2.75, 3.05) is 19.7 Å². The predicted molar refractivity (Wildman–Crippen MR) is 126 cm³/mol. The van der Waals surface area contributed by atoms with E-state index in [0.717, 1.165) is 17.5 Å². The van der Waals surface area contributed by atoms with Gasteiger partial charge in [-0.3, -0.25) is 9.59 Å². The molecule has 7 nitrogen and oxygen atoms in total. The third kappa shape index (κ3) is 3.54. The van der Waals surface area contributed by atoms with Crippen LogP contribution >= 0.6 is 0 Å². The van der Waals surface area contributed by atoms with E-state index in [1.54, 1.807) is 4.90 Å². The van der Waals surface area contributed by atoms with Crippen LogP contribution in [0.25, 0.3) is 11.1 Å². The van der Waals surface area contributed by atoms with Crippen LogP contribution in [0.2, 0.25) is 0 Å². The minimum absolute atomic E-state index is 0.0262. The Bertz CT molecular complexity index is 1100. The van der Waals surface area contributed by atoms with Crippen molar-refractivity contribution in [2.24, 2.45) is 17.3 Å². The molecule has 4 unspecified atom stereocenters. The number of fused-ring (bicyclic) bond motifs is 4. The van der Waals surface area contributed by atoms with Crippen molar-refractivity contribution in [3.8, 4) is 11.1 Å². The Labute approximate surface area is 199 Å². The number of hydrogen-bond acceptors (Lipinski definition) is 4. The van der Waals surface area contributed by atoms with E-state index in [1.807, 2.05) is 38.1 Å². The van der Waals surface area contributed by atoms with E-state index in [-0.39, 0.29) is 36.9 Å². The Morgan fingerprint density at radius 2 is 1.71 bits per heavy atom. The summed E-state index contributed by atoms with van der Waals surface area (Å²) < 4.78 is 5.61. The third-order valence-electron chi connectivity index (χ3n) is 8.11. The molecule has 2 aliphatic heterocycles. The fourth-order valence-corrected chi connectivity index (χ4v) is 5.83. The molecule has 2 aliphatic carbocycles. The predicted octanol–water partition coefficient (Wildman–Crippen LogP) is 3.87. The van der Waals surface area contributed by atoms with Crippen LogP contribution in [-0.2, 0) is 14.3 Å². The lowest BCUT2D eigenvalue weighted by Crippen LogP contribution is -2.51. The fraction of sp³-hybridized carbons (Fsp3) is 0.444. The number of carbonyl (C=O) groups is 3. The number of carboxylic acids is 1. The van der Waals surface area contributed by atoms with Crippen LogP contribution in [0, 0.1) is 17.3 Å². The molecule has 4 atom stereocenters. The lowest BCUT2D eigenvalue weighted by molar-refractivity contribution is -0.150. The molecular formula is C27H30N2O5. The zero-order chi connectivity index (χ0) is 24.0. The van der Waals surface area contributed by atoms with Crippen molar-refractivity contribution in [2.45, 2.75) is 38.6 Å². The van der Waals surface area contributed by atoms with Crippen LogP contribution in [0.4, 0.5) is 4.79 Å². The van der Waals surface area contributed by atoms with Gasteiger partial charge in [0.05, 0.1) is 11.3 Å². The molecule has 0 aromatic heterocycles. The summed E-state index contributed by atoms with van der Waals surface area (Å²) in [5.41, 5.74) is 3.81. The number of carbonyl (C=O) groups excluding carboxylic acids is 2. The lowest BCUT2D eigenvalue weighted by atomic mass is 9.74. The number of amides is 2. The van der Waals surface area contributed by atoms with Crippen LogP contribution in [0.3, 0.4) is 0 Å². The van der Waals surface area contributed by atoms with Crippen LogP contribution in [0.1, 0.15) is 43.7 Å². The maximum Gasteiger partial charge on any atom is 0.407 e. The summed E-state index contributed by atoms with van der Waals surface area (Å²) in [7, 11) is 0. The molecule has 34 heavy (non-hydrogen) atoms. The van der Waals surface area contributed by atoms with Gasteiger partial charge in [0.25, 0.3) is 0 Å². The molecule has 2 N–H and O–H groups in total. The summed E-state index contributed by atoms with van der Waals surface area (Å²) >= 11 is 0. The van der Waals surface area contributed by atoms with Gasteiger partial charge in [-0.25, -0.2) is 4.79 Å². The standard InChI is InChI=1S/C27H30N2O5/c1-3-27(2,25(32)29-13-16-12-22(29)23(16)24(30)31)15-28-26(33)34-14-21-19-10-6-4-8-17(19)18-9-5-7-11-20(18)21/h4-11,16,21-23H,3,12-15H2,1-2H3,(H,28,33)(H,30,31). The molecule has 0 radical (unpaired) electrons. The van der Waals surface area contributed by atoms with E-state index in [4.69, 9.17) is 4.74 Å². The number of nitrogens with zero attached hydrogens (tertiary/aromatic N) is 1. The van der Waals surface area contributed by atoms with Gasteiger partial charge in [-0.2, -0.15) is 0 Å². The smallest absolute Gasteiger partial charge is 0.407 e. The van der Waals surface area contributed by atoms with E-state index in [9.17, 15) is 19.5 Å². The van der Waals surface area contributed by atoms with Gasteiger partial charge in [-0.1, -0.05) is 55.5 Å². The molecule has 4 aliphatic rings. The van der Waals surface area contributed by atoms with Gasteiger partial charge in [0.2, 0.25) is 5.91 Å². The van der Waals surface area contributed by atoms with Crippen LogP contribution < -0.4 is 5.32 Å². The molecule has 2 amide bonds. The van der Waals surface area contributed by atoms with Gasteiger partial charge in [0.15, 0.2) is 0 Å². The molecule has 2 aromatic rings. The Hall–Kier alpha value is -3.35. The second kappa shape index (κ2) is 8.46. The quantitative estimate of drug-likeness (QED) is 0.651. The zero-order valence-electron chi connectivity index (χ0n) is 19.5. The fourth-order valence-electron chi connectivity index (χ4n) is 5.83. The maximum absolute atomic E-state index is 13.3. The summed E-state index contributed by atoms with van der Waals surface area (Å²) in [6.45, 7) is 4.58. The van der Waals surface area contributed by atoms with Gasteiger partial charge >= 0.3 is 12.1 Å². The highest BCUT2D eigenvalue weighted by molar-refractivity contribution is 5.86. The highest BCUT2D eigenvalue weighted by atomic mass is 16.5. The molecule has 2 bridgehead atoms. The van der Waals surface area contributed by atoms with Gasteiger partial charge in [0, 0.05) is 25.0 Å². The highest BCUT2D eigenvalue weighted by Gasteiger charge is 2.58. The zero-order valence-corrected chi connectivity index (χ0v) is 19.5. The van der Waals surface area contributed by atoms with Crippen molar-refractivity contribution in [3.63, 3.8) is 0 Å². The average molecular weight is 463 g/mol. The first-order chi connectivity index (χ1) is 16.3. The van der Waals surface area contributed by atoms with Gasteiger partial charge < -0.3 is 20.1 Å². The number of alkyl carbamates (subject to hydrolysis) is 1. The summed E-state index contributed by atoms with van der Waals surface area (Å²) in [6.07, 6.45) is 0.729. The Morgan fingerprint density at radius 3 is 2.26 bits per heavy atom. The summed E-state index contributed by atoms with van der Waals surface area (Å²) in [6, 6.07) is 16.1. The largest absolute Gasteiger partial charge is 0.481 e. The number of hydrogen-bond donors (Lipinski definition) is 2. The molecule has 0 spiro atoms. The normalized spacial score (nSPS) is 23.9. The number of carboxylic acid groups (broad SMARTS) is 1. The monoisotopic (exact) mass is 462 g/mol.